The topological polar surface area (TPSA) is 82.1 Å². The van der Waals surface area contributed by atoms with Crippen molar-refractivity contribution in [1.82, 2.24) is 24.6 Å². The fraction of sp³-hybridized carbons (Fsp3) is 0.281. The number of rotatable bonds is 7. The molecule has 8 heteroatoms. The predicted molar refractivity (Wildman–Crippen MR) is 161 cm³/mol. The van der Waals surface area contributed by atoms with E-state index in [0.29, 0.717) is 11.4 Å². The Balaban J connectivity index is 1.15. The molecule has 3 aromatic carbocycles. The van der Waals surface area contributed by atoms with Gasteiger partial charge in [-0.2, -0.15) is 5.10 Å². The summed E-state index contributed by atoms with van der Waals surface area (Å²) >= 11 is 0. The molecule has 1 amide bonds. The Morgan fingerprint density at radius 3 is 2.42 bits per heavy atom. The largest absolute Gasteiger partial charge is 0.369 e. The van der Waals surface area contributed by atoms with Gasteiger partial charge in [0.25, 0.3) is 5.91 Å². The monoisotopic (exact) mass is 533 g/mol. The zero-order valence-corrected chi connectivity index (χ0v) is 23.3. The van der Waals surface area contributed by atoms with Crippen LogP contribution in [0.5, 0.6) is 0 Å². The average Bonchev–Trinajstić information content (AvgIpc) is 3.62. The Morgan fingerprint density at radius 1 is 0.950 bits per heavy atom. The number of amides is 1. The fourth-order valence-electron chi connectivity index (χ4n) is 5.49. The van der Waals surface area contributed by atoms with Gasteiger partial charge in [0, 0.05) is 55.6 Å². The number of likely N-dealkylation sites (N-methyl/N-ethyl adjacent to an activating group) is 1. The molecule has 0 radical (unpaired) electrons. The van der Waals surface area contributed by atoms with Crippen LogP contribution in [0.1, 0.15) is 34.0 Å². The van der Waals surface area contributed by atoms with E-state index in [-0.39, 0.29) is 5.91 Å². The molecule has 5 aromatic rings. The minimum atomic E-state index is -0.178. The number of nitrogens with zero attached hydrogens (tertiary/aromatic N) is 5. The minimum absolute atomic E-state index is 0.178. The number of piperazine rings is 1. The molecule has 1 fully saturated rings. The molecule has 1 aliphatic rings. The summed E-state index contributed by atoms with van der Waals surface area (Å²) < 4.78 is 2.18. The van der Waals surface area contributed by atoms with Crippen LogP contribution in [0.25, 0.3) is 22.3 Å². The van der Waals surface area contributed by atoms with Gasteiger partial charge in [-0.1, -0.05) is 31.2 Å². The molecule has 40 heavy (non-hydrogen) atoms. The van der Waals surface area contributed by atoms with E-state index < -0.39 is 0 Å². The number of imidazole rings is 1. The van der Waals surface area contributed by atoms with Crippen LogP contribution in [0.15, 0.2) is 73.1 Å². The second-order valence-corrected chi connectivity index (χ2v) is 10.5. The lowest BCUT2D eigenvalue weighted by Crippen LogP contribution is -2.46. The van der Waals surface area contributed by atoms with Gasteiger partial charge in [0.1, 0.15) is 0 Å². The maximum Gasteiger partial charge on any atom is 0.256 e. The Labute approximate surface area is 234 Å². The molecule has 2 aromatic heterocycles. The number of aromatic nitrogens is 4. The summed E-state index contributed by atoms with van der Waals surface area (Å²) in [5.74, 6) is 0.312. The number of nitrogens with one attached hydrogen (secondary N) is 2. The van der Waals surface area contributed by atoms with Gasteiger partial charge < -0.3 is 19.7 Å². The first kappa shape index (κ1) is 25.8. The van der Waals surface area contributed by atoms with E-state index in [2.05, 4.69) is 79.9 Å². The third kappa shape index (κ3) is 5.22. The van der Waals surface area contributed by atoms with Crippen molar-refractivity contribution in [2.45, 2.75) is 27.3 Å². The maximum atomic E-state index is 12.9. The number of hydrogen-bond donors (Lipinski definition) is 2. The molecule has 2 N–H and O–H groups in total. The number of aryl methyl sites for hydroxylation is 2. The summed E-state index contributed by atoms with van der Waals surface area (Å²) in [6, 6.07) is 22.3. The van der Waals surface area contributed by atoms with E-state index >= 15 is 0 Å². The van der Waals surface area contributed by atoms with E-state index in [4.69, 9.17) is 0 Å². The molecular formula is C32H35N7O. The van der Waals surface area contributed by atoms with Crippen LogP contribution in [0.2, 0.25) is 0 Å². The van der Waals surface area contributed by atoms with Crippen molar-refractivity contribution in [3.63, 3.8) is 0 Å². The zero-order chi connectivity index (χ0) is 27.6. The van der Waals surface area contributed by atoms with Gasteiger partial charge in [0.05, 0.1) is 23.1 Å². The normalized spacial score (nSPS) is 14.1. The van der Waals surface area contributed by atoms with Gasteiger partial charge in [-0.3, -0.25) is 9.89 Å². The zero-order valence-electron chi connectivity index (χ0n) is 23.3. The summed E-state index contributed by atoms with van der Waals surface area (Å²) in [5, 5.41) is 10.4. The van der Waals surface area contributed by atoms with Crippen LogP contribution in [-0.2, 0) is 6.54 Å². The molecule has 0 saturated carbocycles. The van der Waals surface area contributed by atoms with Crippen molar-refractivity contribution in [2.24, 2.45) is 0 Å². The first-order valence-corrected chi connectivity index (χ1v) is 13.9. The van der Waals surface area contributed by atoms with E-state index in [1.54, 1.807) is 0 Å². The minimum Gasteiger partial charge on any atom is -0.369 e. The lowest BCUT2D eigenvalue weighted by molar-refractivity contribution is 0.102. The van der Waals surface area contributed by atoms with Crippen molar-refractivity contribution in [1.29, 1.82) is 0 Å². The molecule has 1 saturated heterocycles. The molecule has 204 valence electrons. The van der Waals surface area contributed by atoms with Gasteiger partial charge in [0.15, 0.2) is 5.82 Å². The maximum absolute atomic E-state index is 12.9. The highest BCUT2D eigenvalue weighted by Crippen LogP contribution is 2.26. The third-order valence-corrected chi connectivity index (χ3v) is 8.04. The summed E-state index contributed by atoms with van der Waals surface area (Å²) in [6.07, 6.45) is 1.90. The Hall–Kier alpha value is -4.43. The van der Waals surface area contributed by atoms with E-state index in [0.717, 1.165) is 67.2 Å². The van der Waals surface area contributed by atoms with Crippen molar-refractivity contribution >= 4 is 28.4 Å². The smallest absolute Gasteiger partial charge is 0.256 e. The molecule has 0 atom stereocenters. The summed E-state index contributed by atoms with van der Waals surface area (Å²) in [4.78, 5) is 22.4. The first-order valence-electron chi connectivity index (χ1n) is 13.9. The Kier molecular flexibility index (Phi) is 7.09. The number of hydrogen-bond acceptors (Lipinski definition) is 5. The van der Waals surface area contributed by atoms with E-state index in [1.807, 2.05) is 48.8 Å². The Bertz CT molecular complexity index is 1620. The highest BCUT2D eigenvalue weighted by Gasteiger charge is 2.17. The Morgan fingerprint density at radius 2 is 1.70 bits per heavy atom. The molecule has 0 unspecified atom stereocenters. The molecule has 3 heterocycles. The summed E-state index contributed by atoms with van der Waals surface area (Å²) in [6.45, 7) is 12.5. The standard InChI is InChI=1S/C32H35N7O/c1-4-37-14-16-38(17-15-37)26-11-8-24(9-12-26)32(40)34-31-19-29(35-36-31)25-10-13-28-30(18-25)39(21-33-28)20-27-22(2)6-5-7-23(27)3/h5-13,18-19,21H,4,14-17,20H2,1-3H3,(H2,34,35,36,40). The van der Waals surface area contributed by atoms with Crippen molar-refractivity contribution in [2.75, 3.05) is 42.9 Å². The average molecular weight is 534 g/mol. The van der Waals surface area contributed by atoms with E-state index in [9.17, 15) is 4.79 Å². The summed E-state index contributed by atoms with van der Waals surface area (Å²) in [5.41, 5.74) is 9.43. The number of anilines is 2. The summed E-state index contributed by atoms with van der Waals surface area (Å²) in [7, 11) is 0. The molecular weight excluding hydrogens is 498 g/mol. The second kappa shape index (κ2) is 11.0. The van der Waals surface area contributed by atoms with Gasteiger partial charge in [0.2, 0.25) is 0 Å². The molecule has 1 aliphatic heterocycles. The second-order valence-electron chi connectivity index (χ2n) is 10.5. The third-order valence-electron chi connectivity index (χ3n) is 8.04. The van der Waals surface area contributed by atoms with Crippen molar-refractivity contribution < 1.29 is 4.79 Å². The van der Waals surface area contributed by atoms with Crippen LogP contribution in [-0.4, -0.2) is 63.3 Å². The molecule has 0 aliphatic carbocycles. The number of fused-ring (bicyclic) bond motifs is 1. The van der Waals surface area contributed by atoms with Crippen LogP contribution in [0.3, 0.4) is 0 Å². The lowest BCUT2D eigenvalue weighted by Gasteiger charge is -2.35. The number of carbonyl (C=O) groups is 1. The molecule has 8 nitrogen and oxygen atoms in total. The molecule has 0 spiro atoms. The highest BCUT2D eigenvalue weighted by molar-refractivity contribution is 6.04. The van der Waals surface area contributed by atoms with Crippen LogP contribution in [0.4, 0.5) is 11.5 Å². The van der Waals surface area contributed by atoms with Gasteiger partial charge in [-0.25, -0.2) is 4.98 Å². The van der Waals surface area contributed by atoms with Crippen LogP contribution < -0.4 is 10.2 Å². The van der Waals surface area contributed by atoms with Gasteiger partial charge in [-0.05, 0) is 73.5 Å². The van der Waals surface area contributed by atoms with Crippen molar-refractivity contribution in [3.8, 4) is 11.3 Å². The number of carbonyl (C=O) groups excluding carboxylic acids is 1. The van der Waals surface area contributed by atoms with Crippen LogP contribution in [0, 0.1) is 13.8 Å². The predicted octanol–water partition coefficient (Wildman–Crippen LogP) is 5.49. The number of benzene rings is 3. The number of H-pyrrole nitrogens is 1. The van der Waals surface area contributed by atoms with Crippen LogP contribution >= 0.6 is 0 Å². The fourth-order valence-corrected chi connectivity index (χ4v) is 5.49. The van der Waals surface area contributed by atoms with E-state index in [1.165, 1.54) is 16.7 Å². The van der Waals surface area contributed by atoms with Gasteiger partial charge >= 0.3 is 0 Å². The molecule has 0 bridgehead atoms. The molecule has 6 rings (SSSR count). The lowest BCUT2D eigenvalue weighted by atomic mass is 10.0. The first-order chi connectivity index (χ1) is 19.5. The highest BCUT2D eigenvalue weighted by atomic mass is 16.1. The quantitative estimate of drug-likeness (QED) is 0.289. The number of aromatic amines is 1. The van der Waals surface area contributed by atoms with Gasteiger partial charge in [-0.15, -0.1) is 0 Å². The van der Waals surface area contributed by atoms with Crippen molar-refractivity contribution in [3.05, 3.63) is 95.3 Å². The SMILES string of the molecule is CCN1CCN(c2ccc(C(=O)Nc3cc(-c4ccc5ncn(Cc6c(C)cccc6C)c5c4)[nH]n3)cc2)CC1.